The van der Waals surface area contributed by atoms with Crippen LogP contribution in [0.4, 0.5) is 13.2 Å². The molecule has 0 aromatic carbocycles. The topological polar surface area (TPSA) is 21.3 Å². The molecule has 0 aromatic rings. The lowest BCUT2D eigenvalue weighted by Crippen LogP contribution is -2.60. The van der Waals surface area contributed by atoms with Crippen LogP contribution >= 0.6 is 0 Å². The monoisotopic (exact) mass is 251 g/mol. The maximum Gasteiger partial charge on any atom is 0.391 e. The van der Waals surface area contributed by atoms with Crippen LogP contribution in [0, 0.1) is 5.92 Å². The maximum absolute atomic E-state index is 12.8. The van der Waals surface area contributed by atoms with Crippen molar-refractivity contribution in [2.45, 2.75) is 63.5 Å². The van der Waals surface area contributed by atoms with Gasteiger partial charge in [0.05, 0.1) is 11.5 Å². The first kappa shape index (κ1) is 13.1. The van der Waals surface area contributed by atoms with Crippen molar-refractivity contribution in [3.63, 3.8) is 0 Å². The molecule has 1 spiro atoms. The van der Waals surface area contributed by atoms with Crippen molar-refractivity contribution in [3.8, 4) is 0 Å². The Kier molecular flexibility index (Phi) is 3.19. The number of rotatable bonds is 0. The Morgan fingerprint density at radius 3 is 2.53 bits per heavy atom. The molecule has 2 nitrogen and oxygen atoms in total. The summed E-state index contributed by atoms with van der Waals surface area (Å²) in [5, 5.41) is 3.17. The second-order valence-electron chi connectivity index (χ2n) is 5.87. The van der Waals surface area contributed by atoms with Crippen LogP contribution in [0.2, 0.25) is 0 Å². The van der Waals surface area contributed by atoms with Gasteiger partial charge in [0.2, 0.25) is 0 Å². The molecule has 2 fully saturated rings. The van der Waals surface area contributed by atoms with E-state index in [-0.39, 0.29) is 18.4 Å². The molecule has 2 unspecified atom stereocenters. The number of ether oxygens (including phenoxy) is 1. The van der Waals surface area contributed by atoms with Gasteiger partial charge in [-0.15, -0.1) is 0 Å². The molecule has 2 aliphatic rings. The summed E-state index contributed by atoms with van der Waals surface area (Å²) in [6, 6.07) is 0. The van der Waals surface area contributed by atoms with Crippen LogP contribution in [-0.4, -0.2) is 24.0 Å². The molecule has 2 rings (SSSR count). The van der Waals surface area contributed by atoms with Gasteiger partial charge in [0.15, 0.2) is 0 Å². The van der Waals surface area contributed by atoms with E-state index in [1.54, 1.807) is 0 Å². The van der Waals surface area contributed by atoms with Crippen LogP contribution in [0.5, 0.6) is 0 Å². The largest absolute Gasteiger partial charge is 0.391 e. The molecule has 1 saturated carbocycles. The van der Waals surface area contributed by atoms with E-state index in [0.717, 1.165) is 13.0 Å². The molecule has 0 aromatic heterocycles. The fourth-order valence-corrected chi connectivity index (χ4v) is 2.98. The molecule has 17 heavy (non-hydrogen) atoms. The van der Waals surface area contributed by atoms with E-state index in [4.69, 9.17) is 4.74 Å². The van der Waals surface area contributed by atoms with Crippen LogP contribution in [0.3, 0.4) is 0 Å². The highest BCUT2D eigenvalue weighted by atomic mass is 19.4. The van der Waals surface area contributed by atoms with Gasteiger partial charge in [-0.25, -0.2) is 0 Å². The molecule has 1 aliphatic heterocycles. The van der Waals surface area contributed by atoms with E-state index < -0.39 is 17.8 Å². The summed E-state index contributed by atoms with van der Waals surface area (Å²) in [6.45, 7) is 4.64. The molecular weight excluding hydrogens is 231 g/mol. The summed E-state index contributed by atoms with van der Waals surface area (Å²) in [7, 11) is 0. The molecule has 0 bridgehead atoms. The predicted molar refractivity (Wildman–Crippen MR) is 58.5 cm³/mol. The molecule has 1 heterocycles. The predicted octanol–water partition coefficient (Wildman–Crippen LogP) is 3.22. The van der Waals surface area contributed by atoms with Crippen LogP contribution in [0.15, 0.2) is 0 Å². The molecule has 1 aliphatic carbocycles. The number of halogens is 3. The van der Waals surface area contributed by atoms with Gasteiger partial charge < -0.3 is 4.74 Å². The number of hydrogen-bond acceptors (Lipinski definition) is 2. The Morgan fingerprint density at radius 1 is 1.24 bits per heavy atom. The highest BCUT2D eigenvalue weighted by Gasteiger charge is 2.50. The summed E-state index contributed by atoms with van der Waals surface area (Å²) in [4.78, 5) is 0. The minimum absolute atomic E-state index is 0.0555. The van der Waals surface area contributed by atoms with Crippen LogP contribution in [0.1, 0.15) is 46.0 Å². The third-order valence-electron chi connectivity index (χ3n) is 3.82. The minimum atomic E-state index is -4.10. The van der Waals surface area contributed by atoms with Gasteiger partial charge in [0.1, 0.15) is 5.72 Å². The Bertz CT molecular complexity index is 286. The Balaban J connectivity index is 2.10. The van der Waals surface area contributed by atoms with E-state index >= 15 is 0 Å². The van der Waals surface area contributed by atoms with Gasteiger partial charge >= 0.3 is 6.18 Å². The molecular formula is C12H20F3NO. The summed E-state index contributed by atoms with van der Waals surface area (Å²) in [5.41, 5.74) is -1.07. The Labute approximate surface area is 99.9 Å². The number of alkyl halides is 3. The normalized spacial score (nSPS) is 38.3. The van der Waals surface area contributed by atoms with E-state index in [2.05, 4.69) is 5.32 Å². The molecule has 5 heteroatoms. The molecule has 2 atom stereocenters. The van der Waals surface area contributed by atoms with Crippen molar-refractivity contribution in [2.75, 3.05) is 6.54 Å². The molecule has 1 N–H and O–H groups in total. The van der Waals surface area contributed by atoms with Gasteiger partial charge in [-0.2, -0.15) is 13.2 Å². The third-order valence-corrected chi connectivity index (χ3v) is 3.82. The zero-order valence-corrected chi connectivity index (χ0v) is 10.4. The summed E-state index contributed by atoms with van der Waals surface area (Å²) >= 11 is 0. The van der Waals surface area contributed by atoms with Gasteiger partial charge in [0, 0.05) is 13.0 Å². The lowest BCUT2D eigenvalue weighted by atomic mass is 9.80. The van der Waals surface area contributed by atoms with Gasteiger partial charge in [0.25, 0.3) is 0 Å². The second-order valence-corrected chi connectivity index (χ2v) is 5.87. The first-order valence-electron chi connectivity index (χ1n) is 6.24. The highest BCUT2D eigenvalue weighted by molar-refractivity contribution is 4.94. The van der Waals surface area contributed by atoms with Crippen LogP contribution < -0.4 is 5.32 Å². The Morgan fingerprint density at radius 2 is 1.94 bits per heavy atom. The van der Waals surface area contributed by atoms with Crippen LogP contribution in [0.25, 0.3) is 0 Å². The number of nitrogens with one attached hydrogen (secondary N) is 1. The van der Waals surface area contributed by atoms with Crippen molar-refractivity contribution < 1.29 is 17.9 Å². The zero-order valence-electron chi connectivity index (χ0n) is 10.4. The Hall–Kier alpha value is -0.290. The average Bonchev–Trinajstić information content (AvgIpc) is 2.14. The van der Waals surface area contributed by atoms with Gasteiger partial charge in [-0.05, 0) is 39.5 Å². The van der Waals surface area contributed by atoms with E-state index in [1.165, 1.54) is 0 Å². The average molecular weight is 251 g/mol. The van der Waals surface area contributed by atoms with E-state index in [9.17, 15) is 13.2 Å². The van der Waals surface area contributed by atoms with Crippen molar-refractivity contribution in [3.05, 3.63) is 0 Å². The SMILES string of the molecule is CC1(C)CCNC2(CCCC(C(F)(F)F)C2)O1. The smallest absolute Gasteiger partial charge is 0.355 e. The van der Waals surface area contributed by atoms with Crippen molar-refractivity contribution in [2.24, 2.45) is 5.92 Å². The van der Waals surface area contributed by atoms with Crippen LogP contribution in [-0.2, 0) is 4.74 Å². The highest BCUT2D eigenvalue weighted by Crippen LogP contribution is 2.44. The maximum atomic E-state index is 12.8. The summed E-state index contributed by atoms with van der Waals surface area (Å²) in [5.74, 6) is -1.22. The van der Waals surface area contributed by atoms with Crippen molar-refractivity contribution >= 4 is 0 Å². The standard InChI is InChI=1S/C12H20F3NO/c1-10(2)6-7-16-11(17-10)5-3-4-9(8-11)12(13,14)15/h9,16H,3-8H2,1-2H3. The number of hydrogen-bond donors (Lipinski definition) is 1. The molecule has 0 amide bonds. The quantitative estimate of drug-likeness (QED) is 0.713. The first-order valence-corrected chi connectivity index (χ1v) is 6.24. The van der Waals surface area contributed by atoms with Gasteiger partial charge in [-0.3, -0.25) is 5.32 Å². The minimum Gasteiger partial charge on any atom is -0.355 e. The second kappa shape index (κ2) is 4.12. The summed E-state index contributed by atoms with van der Waals surface area (Å²) < 4.78 is 44.3. The lowest BCUT2D eigenvalue weighted by Gasteiger charge is -2.50. The van der Waals surface area contributed by atoms with Crippen molar-refractivity contribution in [1.29, 1.82) is 0 Å². The van der Waals surface area contributed by atoms with E-state index in [0.29, 0.717) is 12.8 Å². The summed E-state index contributed by atoms with van der Waals surface area (Å²) in [6.07, 6.45) is -1.71. The van der Waals surface area contributed by atoms with Crippen molar-refractivity contribution in [1.82, 2.24) is 5.32 Å². The first-order chi connectivity index (χ1) is 7.73. The third kappa shape index (κ3) is 2.94. The van der Waals surface area contributed by atoms with E-state index in [1.807, 2.05) is 13.8 Å². The van der Waals surface area contributed by atoms with Gasteiger partial charge in [-0.1, -0.05) is 0 Å². The fraction of sp³-hybridized carbons (Fsp3) is 1.00. The molecule has 1 saturated heterocycles. The molecule has 100 valence electrons. The molecule has 0 radical (unpaired) electrons. The lowest BCUT2D eigenvalue weighted by molar-refractivity contribution is -0.245. The zero-order chi connectivity index (χ0) is 12.7. The fourth-order valence-electron chi connectivity index (χ4n) is 2.98.